The van der Waals surface area contributed by atoms with Crippen molar-refractivity contribution in [1.29, 1.82) is 0 Å². The molecule has 0 saturated carbocycles. The molecule has 6 nitrogen and oxygen atoms in total. The van der Waals surface area contributed by atoms with Gasteiger partial charge in [-0.25, -0.2) is 18.4 Å². The normalized spacial score (nSPS) is 11.0. The van der Waals surface area contributed by atoms with E-state index in [4.69, 9.17) is 9.88 Å². The van der Waals surface area contributed by atoms with E-state index >= 15 is 0 Å². The second-order valence-corrected chi connectivity index (χ2v) is 5.83. The van der Waals surface area contributed by atoms with Crippen LogP contribution in [0.4, 0.5) is 10.5 Å². The van der Waals surface area contributed by atoms with E-state index < -0.39 is 16.1 Å². The van der Waals surface area contributed by atoms with E-state index in [1.54, 1.807) is 43.3 Å². The molecule has 7 heteroatoms. The fraction of sp³-hybridized carbons (Fsp3) is 0.0714. The Balaban J connectivity index is 2.19. The number of carbonyl (C=O) groups excluding carboxylic acids is 1. The molecule has 0 aliphatic heterocycles. The van der Waals surface area contributed by atoms with Crippen LogP contribution in [0.1, 0.15) is 5.56 Å². The van der Waals surface area contributed by atoms with Crippen LogP contribution in [0.15, 0.2) is 53.4 Å². The number of sulfonamides is 1. The Labute approximate surface area is 122 Å². The lowest BCUT2D eigenvalue weighted by atomic mass is 10.2. The molecule has 0 fully saturated rings. The predicted molar refractivity (Wildman–Crippen MR) is 78.6 cm³/mol. The quantitative estimate of drug-likeness (QED) is 0.908. The van der Waals surface area contributed by atoms with E-state index in [1.165, 1.54) is 12.1 Å². The highest BCUT2D eigenvalue weighted by molar-refractivity contribution is 7.89. The number of benzene rings is 2. The van der Waals surface area contributed by atoms with Crippen molar-refractivity contribution in [1.82, 2.24) is 0 Å². The molecule has 0 aliphatic carbocycles. The number of hydrogen-bond donors (Lipinski definition) is 2. The molecule has 2 rings (SSSR count). The van der Waals surface area contributed by atoms with Crippen molar-refractivity contribution in [2.45, 2.75) is 11.8 Å². The molecule has 3 N–H and O–H groups in total. The van der Waals surface area contributed by atoms with Gasteiger partial charge in [-0.15, -0.1) is 0 Å². The highest BCUT2D eigenvalue weighted by atomic mass is 32.2. The zero-order valence-corrected chi connectivity index (χ0v) is 12.1. The molecule has 1 amide bonds. The summed E-state index contributed by atoms with van der Waals surface area (Å²) in [5, 5.41) is 7.60. The van der Waals surface area contributed by atoms with Crippen LogP contribution in [-0.2, 0) is 10.0 Å². The summed E-state index contributed by atoms with van der Waals surface area (Å²) in [5.41, 5.74) is 0.674. The highest BCUT2D eigenvalue weighted by Gasteiger charge is 2.15. The van der Waals surface area contributed by atoms with Crippen LogP contribution in [0.5, 0.6) is 5.75 Å². The summed E-state index contributed by atoms with van der Waals surface area (Å²) in [5.74, 6) is 0.384. The standard InChI is InChI=1S/C14H14N2O4S/c1-10-12(8-5-9-13(10)21(15,18)19)16-14(17)20-11-6-3-2-4-7-11/h2-9H,1H3,(H,16,17)(H2,15,18,19). The minimum Gasteiger partial charge on any atom is -0.410 e. The number of para-hydroxylation sites is 1. The van der Waals surface area contributed by atoms with Crippen molar-refractivity contribution >= 4 is 21.8 Å². The second-order valence-electron chi connectivity index (χ2n) is 4.30. The maximum atomic E-state index is 11.8. The van der Waals surface area contributed by atoms with Gasteiger partial charge in [-0.2, -0.15) is 0 Å². The topological polar surface area (TPSA) is 98.5 Å². The first-order valence-electron chi connectivity index (χ1n) is 6.04. The molecular weight excluding hydrogens is 292 g/mol. The molecule has 0 bridgehead atoms. The number of rotatable bonds is 3. The monoisotopic (exact) mass is 306 g/mol. The first-order valence-corrected chi connectivity index (χ1v) is 7.59. The van der Waals surface area contributed by atoms with Crippen molar-refractivity contribution in [3.8, 4) is 5.75 Å². The van der Waals surface area contributed by atoms with Gasteiger partial charge in [-0.1, -0.05) is 24.3 Å². The van der Waals surface area contributed by atoms with Gasteiger partial charge in [0.1, 0.15) is 5.75 Å². The molecular formula is C14H14N2O4S. The fourth-order valence-electron chi connectivity index (χ4n) is 1.79. The smallest absolute Gasteiger partial charge is 0.410 e. The number of hydrogen-bond acceptors (Lipinski definition) is 4. The number of ether oxygens (including phenoxy) is 1. The van der Waals surface area contributed by atoms with Crippen molar-refractivity contribution in [3.63, 3.8) is 0 Å². The summed E-state index contributed by atoms with van der Waals surface area (Å²) < 4.78 is 27.9. The van der Waals surface area contributed by atoms with Crippen LogP contribution in [0.25, 0.3) is 0 Å². The lowest BCUT2D eigenvalue weighted by molar-refractivity contribution is 0.215. The van der Waals surface area contributed by atoms with Gasteiger partial charge in [-0.3, -0.25) is 5.32 Å². The third-order valence-corrected chi connectivity index (χ3v) is 3.84. The summed E-state index contributed by atoms with van der Waals surface area (Å²) >= 11 is 0. The Bertz CT molecular complexity index is 758. The molecule has 2 aromatic carbocycles. The van der Waals surface area contributed by atoms with Crippen LogP contribution in [0.3, 0.4) is 0 Å². The molecule has 0 aromatic heterocycles. The van der Waals surface area contributed by atoms with Gasteiger partial charge in [0.05, 0.1) is 4.90 Å². The number of amides is 1. The van der Waals surface area contributed by atoms with E-state index in [1.807, 2.05) is 0 Å². The van der Waals surface area contributed by atoms with Crippen LogP contribution >= 0.6 is 0 Å². The fourth-order valence-corrected chi connectivity index (χ4v) is 2.59. The Morgan fingerprint density at radius 1 is 1.10 bits per heavy atom. The Hall–Kier alpha value is -2.38. The predicted octanol–water partition coefficient (Wildman–Crippen LogP) is 2.25. The largest absolute Gasteiger partial charge is 0.417 e. The van der Waals surface area contributed by atoms with Crippen LogP contribution in [-0.4, -0.2) is 14.5 Å². The number of anilines is 1. The second kappa shape index (κ2) is 5.94. The number of carbonyl (C=O) groups is 1. The summed E-state index contributed by atoms with van der Waals surface area (Å²) in [7, 11) is -3.84. The van der Waals surface area contributed by atoms with Gasteiger partial charge in [0.15, 0.2) is 0 Å². The highest BCUT2D eigenvalue weighted by Crippen LogP contribution is 2.22. The molecule has 0 radical (unpaired) electrons. The van der Waals surface area contributed by atoms with Gasteiger partial charge < -0.3 is 4.74 Å². The van der Waals surface area contributed by atoms with E-state index in [9.17, 15) is 13.2 Å². The van der Waals surface area contributed by atoms with E-state index in [-0.39, 0.29) is 4.90 Å². The van der Waals surface area contributed by atoms with E-state index in [0.29, 0.717) is 17.0 Å². The van der Waals surface area contributed by atoms with Crippen molar-refractivity contribution in [2.75, 3.05) is 5.32 Å². The summed E-state index contributed by atoms with van der Waals surface area (Å²) in [6.07, 6.45) is -0.712. The van der Waals surface area contributed by atoms with Gasteiger partial charge >= 0.3 is 6.09 Å². The third kappa shape index (κ3) is 3.80. The average Bonchev–Trinajstić information content (AvgIpc) is 2.41. The van der Waals surface area contributed by atoms with Crippen LogP contribution < -0.4 is 15.2 Å². The summed E-state index contributed by atoms with van der Waals surface area (Å²) in [4.78, 5) is 11.7. The summed E-state index contributed by atoms with van der Waals surface area (Å²) in [6, 6.07) is 13.0. The number of nitrogens with two attached hydrogens (primary N) is 1. The molecule has 0 heterocycles. The Morgan fingerprint density at radius 2 is 1.76 bits per heavy atom. The van der Waals surface area contributed by atoms with Gasteiger partial charge in [0.2, 0.25) is 10.0 Å². The van der Waals surface area contributed by atoms with Gasteiger partial charge in [-0.05, 0) is 36.8 Å². The van der Waals surface area contributed by atoms with Crippen LogP contribution in [0, 0.1) is 6.92 Å². The van der Waals surface area contributed by atoms with Gasteiger partial charge in [0, 0.05) is 5.69 Å². The van der Waals surface area contributed by atoms with E-state index in [2.05, 4.69) is 5.32 Å². The Kier molecular flexibility index (Phi) is 4.25. The van der Waals surface area contributed by atoms with Crippen molar-refractivity contribution in [3.05, 3.63) is 54.1 Å². The molecule has 2 aromatic rings. The Morgan fingerprint density at radius 3 is 2.38 bits per heavy atom. The zero-order chi connectivity index (χ0) is 15.5. The maximum absolute atomic E-state index is 11.8. The third-order valence-electron chi connectivity index (χ3n) is 2.78. The zero-order valence-electron chi connectivity index (χ0n) is 11.2. The molecule has 0 saturated heterocycles. The lowest BCUT2D eigenvalue weighted by Crippen LogP contribution is -2.19. The minimum atomic E-state index is -3.84. The molecule has 0 unspecified atom stereocenters. The van der Waals surface area contributed by atoms with E-state index in [0.717, 1.165) is 0 Å². The first kappa shape index (κ1) is 15.0. The lowest BCUT2D eigenvalue weighted by Gasteiger charge is -2.11. The average molecular weight is 306 g/mol. The van der Waals surface area contributed by atoms with Crippen molar-refractivity contribution < 1.29 is 17.9 Å². The molecule has 0 aliphatic rings. The number of nitrogens with one attached hydrogen (secondary N) is 1. The van der Waals surface area contributed by atoms with Gasteiger partial charge in [0.25, 0.3) is 0 Å². The molecule has 0 spiro atoms. The molecule has 0 atom stereocenters. The maximum Gasteiger partial charge on any atom is 0.417 e. The van der Waals surface area contributed by atoms with Crippen LogP contribution in [0.2, 0.25) is 0 Å². The van der Waals surface area contributed by atoms with Crippen molar-refractivity contribution in [2.24, 2.45) is 5.14 Å². The SMILES string of the molecule is Cc1c(NC(=O)Oc2ccccc2)cccc1S(N)(=O)=O. The number of primary sulfonamides is 1. The summed E-state index contributed by atoms with van der Waals surface area (Å²) in [6.45, 7) is 1.55. The first-order chi connectivity index (χ1) is 9.88. The molecule has 110 valence electrons. The minimum absolute atomic E-state index is 0.0417. The molecule has 21 heavy (non-hydrogen) atoms.